The Labute approximate surface area is 210 Å². The summed E-state index contributed by atoms with van der Waals surface area (Å²) in [5.74, 6) is 1.36. The highest BCUT2D eigenvalue weighted by Gasteiger charge is 2.58. The van der Waals surface area contributed by atoms with Gasteiger partial charge in [0, 0.05) is 48.1 Å². The van der Waals surface area contributed by atoms with Gasteiger partial charge in [-0.2, -0.15) is 0 Å². The van der Waals surface area contributed by atoms with E-state index in [2.05, 4.69) is 123 Å². The lowest BCUT2D eigenvalue weighted by atomic mass is 9.48. The zero-order valence-electron chi connectivity index (χ0n) is 21.7. The average molecular weight is 459 g/mol. The summed E-state index contributed by atoms with van der Waals surface area (Å²) in [6, 6.07) is 23.3. The highest BCUT2D eigenvalue weighted by molar-refractivity contribution is 6.77. The molecule has 0 spiro atoms. The van der Waals surface area contributed by atoms with Gasteiger partial charge in [-0.15, -0.1) is 0 Å². The maximum absolute atomic E-state index is 2.81. The Bertz CT molecular complexity index is 1380. The summed E-state index contributed by atoms with van der Waals surface area (Å²) in [5, 5.41) is 0. The molecule has 0 bridgehead atoms. The van der Waals surface area contributed by atoms with Crippen molar-refractivity contribution in [2.24, 2.45) is 5.92 Å². The first-order valence-electron chi connectivity index (χ1n) is 13.2. The molecule has 3 aromatic rings. The van der Waals surface area contributed by atoms with E-state index in [0.29, 0.717) is 23.8 Å². The van der Waals surface area contributed by atoms with Crippen molar-refractivity contribution in [3.05, 3.63) is 94.8 Å². The van der Waals surface area contributed by atoms with Crippen molar-refractivity contribution in [3.8, 4) is 11.1 Å². The smallest absolute Gasteiger partial charge is 0.388 e. The number of allylic oxidation sites excluding steroid dienone is 1. The molecule has 3 aromatic carbocycles. The van der Waals surface area contributed by atoms with Crippen molar-refractivity contribution in [2.45, 2.75) is 58.7 Å². The number of nitrogens with zero attached hydrogens (tertiary/aromatic N) is 3. The molecule has 0 fully saturated rings. The molecule has 0 saturated carbocycles. The van der Waals surface area contributed by atoms with Crippen LogP contribution in [0.4, 0.5) is 5.69 Å². The number of fused-ring (bicyclic) bond motifs is 3. The van der Waals surface area contributed by atoms with Gasteiger partial charge in [-0.3, -0.25) is 0 Å². The summed E-state index contributed by atoms with van der Waals surface area (Å²) in [5.41, 5.74) is 13.1. The minimum absolute atomic E-state index is 0.250. The second-order valence-corrected chi connectivity index (χ2v) is 11.5. The Hall–Kier alpha value is -3.14. The molecule has 0 radical (unpaired) electrons. The molecule has 0 aliphatic carbocycles. The quantitative estimate of drug-likeness (QED) is 0.421. The molecule has 4 atom stereocenters. The monoisotopic (exact) mass is 459 g/mol. The number of rotatable bonds is 2. The first kappa shape index (κ1) is 21.2. The van der Waals surface area contributed by atoms with Gasteiger partial charge in [0.25, 0.3) is 0 Å². The maximum Gasteiger partial charge on any atom is 0.413 e. The van der Waals surface area contributed by atoms with E-state index in [0.717, 1.165) is 0 Å². The van der Waals surface area contributed by atoms with E-state index < -0.39 is 0 Å². The van der Waals surface area contributed by atoms with E-state index >= 15 is 0 Å². The van der Waals surface area contributed by atoms with Crippen molar-refractivity contribution in [2.75, 3.05) is 11.9 Å². The lowest BCUT2D eigenvalue weighted by Gasteiger charge is -2.59. The third kappa shape index (κ3) is 2.63. The predicted octanol–water partition coefficient (Wildman–Crippen LogP) is 6.22. The molecule has 4 unspecified atom stereocenters. The molecule has 4 aliphatic rings. The average Bonchev–Trinajstić information content (AvgIpc) is 3.20. The highest BCUT2D eigenvalue weighted by atomic mass is 15.4. The molecule has 0 amide bonds. The van der Waals surface area contributed by atoms with Gasteiger partial charge in [0.15, 0.2) is 0 Å². The molecule has 4 aliphatic heterocycles. The Kier molecular flexibility index (Phi) is 4.35. The maximum atomic E-state index is 2.81. The van der Waals surface area contributed by atoms with E-state index in [1.807, 2.05) is 0 Å². The minimum Gasteiger partial charge on any atom is -0.388 e. The van der Waals surface area contributed by atoms with Crippen LogP contribution in [0.25, 0.3) is 11.1 Å². The zero-order valence-corrected chi connectivity index (χ0v) is 21.7. The van der Waals surface area contributed by atoms with Gasteiger partial charge in [-0.25, -0.2) is 0 Å². The van der Waals surface area contributed by atoms with Crippen LogP contribution >= 0.6 is 0 Å². The lowest BCUT2D eigenvalue weighted by Crippen LogP contribution is -2.73. The molecule has 4 heterocycles. The number of benzene rings is 3. The summed E-state index contributed by atoms with van der Waals surface area (Å²) in [6.45, 7) is 12.3. The first-order chi connectivity index (χ1) is 16.9. The molecule has 7 rings (SSSR count). The van der Waals surface area contributed by atoms with Crippen LogP contribution in [0.2, 0.25) is 0 Å². The van der Waals surface area contributed by atoms with Crippen LogP contribution in [0.15, 0.2) is 72.6 Å². The molecule has 176 valence electrons. The van der Waals surface area contributed by atoms with Crippen molar-refractivity contribution < 1.29 is 0 Å². The predicted molar refractivity (Wildman–Crippen MR) is 147 cm³/mol. The largest absolute Gasteiger partial charge is 0.413 e. The minimum atomic E-state index is 0.250. The van der Waals surface area contributed by atoms with Gasteiger partial charge >= 0.3 is 6.98 Å². The molecule has 3 nitrogen and oxygen atoms in total. The molecule has 0 saturated heterocycles. The number of hydrogen-bond acceptors (Lipinski definition) is 3. The summed E-state index contributed by atoms with van der Waals surface area (Å²) in [4.78, 5) is 8.03. The molecular formula is C31H34BN3. The summed E-state index contributed by atoms with van der Waals surface area (Å²) < 4.78 is 0. The van der Waals surface area contributed by atoms with Crippen LogP contribution in [0.3, 0.4) is 0 Å². The Morgan fingerprint density at radius 3 is 2.34 bits per heavy atom. The Morgan fingerprint density at radius 1 is 0.857 bits per heavy atom. The van der Waals surface area contributed by atoms with Gasteiger partial charge in [0.05, 0.1) is 0 Å². The summed E-state index contributed by atoms with van der Waals surface area (Å²) in [6.07, 6.45) is 2.69. The number of hydrogen-bond donors (Lipinski definition) is 0. The third-order valence-electron chi connectivity index (χ3n) is 9.17. The molecule has 0 N–H and O–H groups in total. The Morgan fingerprint density at radius 2 is 1.60 bits per heavy atom. The van der Waals surface area contributed by atoms with Gasteiger partial charge in [0.2, 0.25) is 0 Å². The van der Waals surface area contributed by atoms with Gasteiger partial charge in [-0.1, -0.05) is 82.3 Å². The second-order valence-electron chi connectivity index (χ2n) is 11.5. The first-order valence-corrected chi connectivity index (χ1v) is 13.2. The number of aryl methyl sites for hydroxylation is 1. The van der Waals surface area contributed by atoms with Crippen LogP contribution in [0.1, 0.15) is 68.0 Å². The third-order valence-corrected chi connectivity index (χ3v) is 9.17. The topological polar surface area (TPSA) is 9.72 Å². The van der Waals surface area contributed by atoms with Gasteiger partial charge in [0.1, 0.15) is 6.17 Å². The van der Waals surface area contributed by atoms with Crippen LogP contribution in [0.5, 0.6) is 0 Å². The Balaban J connectivity index is 1.57. The van der Waals surface area contributed by atoms with Gasteiger partial charge < -0.3 is 14.5 Å². The van der Waals surface area contributed by atoms with Crippen LogP contribution in [0, 0.1) is 12.8 Å². The van der Waals surface area contributed by atoms with E-state index in [4.69, 9.17) is 0 Å². The van der Waals surface area contributed by atoms with E-state index in [1.165, 1.54) is 39.2 Å². The molecule has 35 heavy (non-hydrogen) atoms. The molecular weight excluding hydrogens is 425 g/mol. The zero-order chi connectivity index (χ0) is 24.2. The van der Waals surface area contributed by atoms with Crippen LogP contribution in [-0.2, 0) is 0 Å². The van der Waals surface area contributed by atoms with Crippen molar-refractivity contribution in [3.63, 3.8) is 0 Å². The number of anilines is 1. The van der Waals surface area contributed by atoms with E-state index in [1.54, 1.807) is 11.0 Å². The highest BCUT2D eigenvalue weighted by Crippen LogP contribution is 2.54. The van der Waals surface area contributed by atoms with Crippen molar-refractivity contribution in [1.29, 1.82) is 0 Å². The summed E-state index contributed by atoms with van der Waals surface area (Å²) in [7, 11) is 2.26. The fraction of sp³-hybridized carbons (Fsp3) is 0.355. The van der Waals surface area contributed by atoms with Gasteiger partial charge in [-0.05, 0) is 52.2 Å². The molecule has 0 aromatic heterocycles. The van der Waals surface area contributed by atoms with Crippen molar-refractivity contribution >= 4 is 18.1 Å². The standard InChI is InChI=1S/C31H34BN3/c1-18(2)30-21(5)25-16-23(22-12-8-7-9-13-22)15-24-20(4)27-17-33(6)31-28-19(3)11-10-14-26(28)34(30)32(29(24)25)35(27)31/h7-18,20-21,30-31H,1-6H3. The van der Waals surface area contributed by atoms with Crippen LogP contribution in [-0.4, -0.2) is 29.8 Å². The van der Waals surface area contributed by atoms with E-state index in [-0.39, 0.29) is 13.1 Å². The van der Waals surface area contributed by atoms with Crippen LogP contribution < -0.4 is 10.3 Å². The molecule has 4 heteroatoms. The summed E-state index contributed by atoms with van der Waals surface area (Å²) >= 11 is 0. The van der Waals surface area contributed by atoms with Crippen molar-refractivity contribution in [1.82, 2.24) is 9.71 Å². The fourth-order valence-corrected chi connectivity index (χ4v) is 7.74. The lowest BCUT2D eigenvalue weighted by molar-refractivity contribution is 0.231. The SMILES string of the molecule is Cc1cccc2c1C1N(C)C=C3C(C)c4cc(-c5ccccc5)cc5c4B(N31)N2C(C(C)C)C5C. The van der Waals surface area contributed by atoms with E-state index in [9.17, 15) is 0 Å². The second kappa shape index (κ2) is 7.19. The normalized spacial score (nSPS) is 25.6. The fourth-order valence-electron chi connectivity index (χ4n) is 7.74.